The molecule has 0 aromatic heterocycles. The molecule has 24 heteroatoms. The van der Waals surface area contributed by atoms with E-state index < -0.39 is 52.5 Å². The summed E-state index contributed by atoms with van der Waals surface area (Å²) >= 11 is 43.3. The third-order valence-electron chi connectivity index (χ3n) is 13.7. The van der Waals surface area contributed by atoms with Gasteiger partial charge in [0, 0.05) is 102 Å². The second-order valence-electron chi connectivity index (χ2n) is 19.4. The molecule has 0 saturated carbocycles. The molecule has 10 rings (SSSR count). The fourth-order valence-electron chi connectivity index (χ4n) is 9.87. The topological polar surface area (TPSA) is 148 Å². The minimum Gasteiger partial charge on any atom is -0.329 e. The highest BCUT2D eigenvalue weighted by molar-refractivity contribution is 7.80. The molecule has 0 saturated heterocycles. The largest absolute Gasteiger partial charge is 0.329 e. The molecule has 1 heterocycles. The number of halogens is 9. The van der Waals surface area contributed by atoms with Gasteiger partial charge in [0.15, 0.2) is 12.9 Å². The van der Waals surface area contributed by atoms with Crippen molar-refractivity contribution in [2.45, 2.75) is 33.7 Å². The summed E-state index contributed by atoms with van der Waals surface area (Å²) in [7, 11) is -11.1. The number of hydrogen-bond donors (Lipinski definition) is 3. The van der Waals surface area contributed by atoms with Gasteiger partial charge in [0.05, 0.1) is 0 Å². The zero-order valence-electron chi connectivity index (χ0n) is 48.4. The zero-order valence-corrected chi connectivity index (χ0v) is 57.9. The van der Waals surface area contributed by atoms with E-state index in [4.69, 9.17) is 104 Å². The number of alkyl halides is 9. The fraction of sp³-hybridized carbons (Fsp3) is 0.136. The van der Waals surface area contributed by atoms with E-state index in [2.05, 4.69) is 15.3 Å². The molecule has 9 aromatic rings. The van der Waals surface area contributed by atoms with Crippen molar-refractivity contribution >= 4 is 210 Å². The first-order chi connectivity index (χ1) is 43.0. The Hall–Kier alpha value is -5.91. The first kappa shape index (κ1) is 71.5. The number of benzene rings is 9. The van der Waals surface area contributed by atoms with Gasteiger partial charge >= 0.3 is 0 Å². The summed E-state index contributed by atoms with van der Waals surface area (Å²) in [5.74, 6) is -1.47. The Morgan fingerprint density at radius 1 is 0.300 bits per heavy atom. The van der Waals surface area contributed by atoms with Gasteiger partial charge in [-0.2, -0.15) is 0 Å². The zero-order chi connectivity index (χ0) is 65.2. The van der Waals surface area contributed by atoms with Crippen LogP contribution < -0.4 is 61.8 Å². The van der Waals surface area contributed by atoms with Gasteiger partial charge in [0.25, 0.3) is 17.7 Å². The van der Waals surface area contributed by atoms with Crippen LogP contribution in [0.25, 0.3) is 0 Å². The Labute approximate surface area is 569 Å². The van der Waals surface area contributed by atoms with Crippen molar-refractivity contribution in [1.29, 1.82) is 0 Å². The molecule has 0 atom stereocenters. The lowest BCUT2D eigenvalue weighted by Crippen LogP contribution is -2.33. The predicted octanol–water partition coefficient (Wildman–Crippen LogP) is 18.0. The summed E-state index contributed by atoms with van der Waals surface area (Å²) in [5, 5.41) is 13.3. The molecule has 3 amide bonds. The average Bonchev–Trinajstić information content (AvgIpc) is 1.14. The third kappa shape index (κ3) is 18.4. The maximum atomic E-state index is 15.7. The molecule has 0 unspecified atom stereocenters. The summed E-state index contributed by atoms with van der Waals surface area (Å²) in [6.07, 6.45) is 0. The van der Waals surface area contributed by atoms with Crippen molar-refractivity contribution in [3.63, 3.8) is 0 Å². The van der Waals surface area contributed by atoms with E-state index in [1.54, 1.807) is 127 Å². The molecule has 90 heavy (non-hydrogen) atoms. The van der Waals surface area contributed by atoms with Crippen molar-refractivity contribution in [2.24, 2.45) is 0 Å². The lowest BCUT2D eigenvalue weighted by molar-refractivity contribution is 0.0977. The standard InChI is InChI=1S/C63H57N6O6P3.3CHCl3/c1-4-67-52-40-47(38-49(43-52)64-76(73,55-25-13-7-14-26-55)56-27-15-8-16-28-56)62(71)69(6-3)54-42-48(39-51(45-54)66-78(75,59-33-21-11-22-34-59)60-35-23-12-24-36-60)63(72)68(5-2)53-41-46(61(67)70)37-50(44-53)65-77(74,57-29-17-9-18-30-57)58-31-19-10-20-32-58;3*2-1(3)4/h7-45H,4-6H2,1-3H3,(H,64,73)(H,65,74)(H,66,75);3*1H. The Kier molecular flexibility index (Phi) is 26.7. The SMILES string of the molecule is CCN1C(=O)c2cc(NP(=O)(c3ccccc3)c3ccccc3)cc(c2)N(CC)C(=O)c2cc(NP(=O)(c3ccccc3)c3ccccc3)cc(c2)N(CC)C(=O)c2cc(NP(=O)(c3ccccc3)c3ccccc3)cc1c2.ClC(Cl)Cl.ClC(Cl)Cl.ClC(Cl)Cl. The molecule has 9 aromatic carbocycles. The van der Waals surface area contributed by atoms with E-state index in [0.29, 0.717) is 66.0 Å². The molecule has 1 aliphatic heterocycles. The van der Waals surface area contributed by atoms with Gasteiger partial charge in [-0.3, -0.25) is 28.1 Å². The summed E-state index contributed by atoms with van der Waals surface area (Å²) < 4.78 is 44.8. The molecule has 1 aliphatic rings. The minimum atomic E-state index is -3.69. The molecule has 468 valence electrons. The van der Waals surface area contributed by atoms with E-state index in [1.807, 2.05) is 130 Å². The lowest BCUT2D eigenvalue weighted by atomic mass is 10.1. The van der Waals surface area contributed by atoms with Crippen molar-refractivity contribution in [1.82, 2.24) is 0 Å². The molecular weight excluding hydrogens is 1380 g/mol. The van der Waals surface area contributed by atoms with E-state index in [1.165, 1.54) is 14.7 Å². The van der Waals surface area contributed by atoms with Gasteiger partial charge in [0.1, 0.15) is 0 Å². The van der Waals surface area contributed by atoms with Gasteiger partial charge in [-0.25, -0.2) is 0 Å². The molecule has 6 bridgehead atoms. The maximum absolute atomic E-state index is 15.7. The van der Waals surface area contributed by atoms with Crippen molar-refractivity contribution in [2.75, 3.05) is 49.6 Å². The van der Waals surface area contributed by atoms with E-state index in [-0.39, 0.29) is 36.3 Å². The number of fused-ring (bicyclic) bond motifs is 6. The number of nitrogens with zero attached hydrogens (tertiary/aromatic N) is 3. The van der Waals surface area contributed by atoms with Gasteiger partial charge in [-0.1, -0.05) is 214 Å². The monoisotopic (exact) mass is 1440 g/mol. The van der Waals surface area contributed by atoms with Crippen LogP contribution in [0.15, 0.2) is 237 Å². The third-order valence-corrected chi connectivity index (χ3v) is 21.6. The van der Waals surface area contributed by atoms with Gasteiger partial charge in [-0.15, -0.1) is 0 Å². The van der Waals surface area contributed by atoms with Crippen LogP contribution in [0.4, 0.5) is 34.1 Å². The second-order valence-corrected chi connectivity index (χ2v) is 32.7. The highest BCUT2D eigenvalue weighted by Gasteiger charge is 2.34. The number of rotatable bonds is 15. The number of carbonyl (C=O) groups excluding carboxylic acids is 3. The quantitative estimate of drug-likeness (QED) is 0.0674. The maximum Gasteiger partial charge on any atom is 0.258 e. The van der Waals surface area contributed by atoms with Crippen LogP contribution in [0.3, 0.4) is 0 Å². The molecule has 0 spiro atoms. The van der Waals surface area contributed by atoms with Crippen LogP contribution in [-0.4, -0.2) is 50.2 Å². The van der Waals surface area contributed by atoms with E-state index in [0.717, 1.165) is 0 Å². The summed E-state index contributed by atoms with van der Waals surface area (Å²) in [6, 6.07) is 69.3. The Morgan fingerprint density at radius 2 is 0.467 bits per heavy atom. The van der Waals surface area contributed by atoms with Gasteiger partial charge in [0.2, 0.25) is 21.9 Å². The number of nitrogens with one attached hydrogen (secondary N) is 3. The number of carbonyl (C=O) groups is 3. The molecular formula is C66H60Cl9N6O6P3. The fourth-order valence-corrected chi connectivity index (χ4v) is 16.6. The summed E-state index contributed by atoms with van der Waals surface area (Å²) in [6.45, 7) is 5.82. The van der Waals surface area contributed by atoms with Crippen molar-refractivity contribution in [3.8, 4) is 0 Å². The normalized spacial score (nSPS) is 12.6. The van der Waals surface area contributed by atoms with Crippen LogP contribution in [0.2, 0.25) is 0 Å². The second kappa shape index (κ2) is 33.6. The molecule has 0 radical (unpaired) electrons. The minimum absolute atomic E-state index is 0.122. The Morgan fingerprint density at radius 3 is 0.622 bits per heavy atom. The number of amides is 3. The lowest BCUT2D eigenvalue weighted by Gasteiger charge is -2.28. The van der Waals surface area contributed by atoms with Crippen molar-refractivity contribution < 1.29 is 28.1 Å². The van der Waals surface area contributed by atoms with Crippen LogP contribution in [-0.2, 0) is 13.7 Å². The van der Waals surface area contributed by atoms with Crippen LogP contribution in [0.1, 0.15) is 51.8 Å². The van der Waals surface area contributed by atoms with E-state index in [9.17, 15) is 0 Å². The Balaban J connectivity index is 0.000000883. The summed E-state index contributed by atoms with van der Waals surface area (Å²) in [5.41, 5.74) is 2.31. The van der Waals surface area contributed by atoms with Crippen molar-refractivity contribution in [3.05, 3.63) is 253 Å². The molecule has 0 aliphatic carbocycles. The van der Waals surface area contributed by atoms with Crippen LogP contribution in [0.5, 0.6) is 0 Å². The summed E-state index contributed by atoms with van der Waals surface area (Å²) in [4.78, 5) is 51.2. The van der Waals surface area contributed by atoms with Crippen LogP contribution >= 0.6 is 126 Å². The van der Waals surface area contributed by atoms with E-state index >= 15 is 28.1 Å². The van der Waals surface area contributed by atoms with Crippen LogP contribution in [0, 0.1) is 0 Å². The molecule has 12 nitrogen and oxygen atoms in total. The first-order valence-corrected chi connectivity index (χ1v) is 36.8. The first-order valence-electron chi connectivity index (χ1n) is 27.7. The van der Waals surface area contributed by atoms with Gasteiger partial charge in [-0.05, 0) is 148 Å². The predicted molar refractivity (Wildman–Crippen MR) is 386 cm³/mol. The Bertz CT molecular complexity index is 3460. The highest BCUT2D eigenvalue weighted by atomic mass is 35.6. The highest BCUT2D eigenvalue weighted by Crippen LogP contribution is 2.48. The average molecular weight is 1450 g/mol. The molecule has 3 N–H and O–H groups in total. The smallest absolute Gasteiger partial charge is 0.258 e. The molecule has 0 fully saturated rings. The van der Waals surface area contributed by atoms with Gasteiger partial charge < -0.3 is 30.0 Å². The number of anilines is 6. The number of hydrogen-bond acceptors (Lipinski definition) is 6.